The molecular weight excluding hydrogens is 703 g/mol. The fourth-order valence-corrected chi connectivity index (χ4v) is 3.52. The molecule has 0 unspecified atom stereocenters. The van der Waals surface area contributed by atoms with E-state index in [0.29, 0.717) is 5.75 Å². The first-order valence-corrected chi connectivity index (χ1v) is 12.8. The SMILES string of the molecule is COc1cc[c-]c(-c2cc(OCN)ccn2)c1.[Os+].c1ccc(-c2ccccn2)nc1.c1ccc(-c2ccccn2)nc1. The molecule has 2 N–H and O–H groups in total. The molecule has 0 aliphatic carbocycles. The minimum absolute atomic E-state index is 0. The van der Waals surface area contributed by atoms with Crippen LogP contribution in [0.1, 0.15) is 0 Å². The van der Waals surface area contributed by atoms with Crippen molar-refractivity contribution in [2.45, 2.75) is 0 Å². The Morgan fingerprint density at radius 3 is 1.45 bits per heavy atom. The molecule has 1 radical (unpaired) electrons. The number of hydrogen-bond acceptors (Lipinski definition) is 8. The number of ether oxygens (including phenoxy) is 2. The maximum atomic E-state index is 5.32. The van der Waals surface area contributed by atoms with Gasteiger partial charge in [-0.05, 0) is 66.4 Å². The standard InChI is InChI=1S/C13H13N2O2.2C10H8N2.Os/c1-16-11-4-2-3-10(7-11)13-8-12(17-9-14)5-6-15-13;2*1-3-7-11-9(5-1)10-6-2-4-8-12-10;/h2,4-8H,9,14H2,1H3;2*1-8H;/q-1;;;+1. The Kier molecular flexibility index (Phi) is 13.4. The summed E-state index contributed by atoms with van der Waals surface area (Å²) in [6.45, 7) is 0.144. The summed E-state index contributed by atoms with van der Waals surface area (Å²) in [5.41, 5.74) is 10.6. The molecule has 9 heteroatoms. The Morgan fingerprint density at radius 1 is 0.571 bits per heavy atom. The van der Waals surface area contributed by atoms with Crippen LogP contribution >= 0.6 is 0 Å². The molecule has 5 heterocycles. The quantitative estimate of drug-likeness (QED) is 0.161. The molecule has 0 spiro atoms. The van der Waals surface area contributed by atoms with Crippen LogP contribution in [0.15, 0.2) is 134 Å². The molecule has 8 nitrogen and oxygen atoms in total. The van der Waals surface area contributed by atoms with Crippen LogP contribution in [-0.4, -0.2) is 38.8 Å². The van der Waals surface area contributed by atoms with E-state index in [1.165, 1.54) is 0 Å². The Balaban J connectivity index is 0.000000175. The first-order valence-electron chi connectivity index (χ1n) is 12.8. The van der Waals surface area contributed by atoms with Gasteiger partial charge in [0.15, 0.2) is 0 Å². The van der Waals surface area contributed by atoms with Crippen molar-refractivity contribution < 1.29 is 29.3 Å². The first-order chi connectivity index (χ1) is 20.3. The van der Waals surface area contributed by atoms with Crippen molar-refractivity contribution in [3.63, 3.8) is 0 Å². The molecule has 0 atom stereocenters. The van der Waals surface area contributed by atoms with Gasteiger partial charge in [0, 0.05) is 36.7 Å². The first kappa shape index (κ1) is 31.7. The zero-order chi connectivity index (χ0) is 28.5. The topological polar surface area (TPSA) is 109 Å². The predicted molar refractivity (Wildman–Crippen MR) is 160 cm³/mol. The van der Waals surface area contributed by atoms with Gasteiger partial charge in [0.25, 0.3) is 0 Å². The normalized spacial score (nSPS) is 9.57. The Bertz CT molecular complexity index is 1430. The van der Waals surface area contributed by atoms with Crippen LogP contribution in [0.25, 0.3) is 34.0 Å². The molecule has 42 heavy (non-hydrogen) atoms. The summed E-state index contributed by atoms with van der Waals surface area (Å²) in [6, 6.07) is 35.4. The molecule has 0 aliphatic rings. The van der Waals surface area contributed by atoms with Gasteiger partial charge in [-0.2, -0.15) is 0 Å². The average Bonchev–Trinajstić information content (AvgIpc) is 3.07. The van der Waals surface area contributed by atoms with Crippen molar-refractivity contribution in [2.24, 2.45) is 5.73 Å². The van der Waals surface area contributed by atoms with E-state index in [1.54, 1.807) is 50.2 Å². The fourth-order valence-electron chi connectivity index (χ4n) is 3.52. The van der Waals surface area contributed by atoms with Gasteiger partial charge in [-0.15, -0.1) is 29.8 Å². The second kappa shape index (κ2) is 17.8. The van der Waals surface area contributed by atoms with Crippen molar-refractivity contribution in [2.75, 3.05) is 13.8 Å². The third-order valence-corrected chi connectivity index (χ3v) is 5.45. The molecule has 211 valence electrons. The van der Waals surface area contributed by atoms with Crippen LogP contribution < -0.4 is 15.2 Å². The average molecular weight is 732 g/mol. The van der Waals surface area contributed by atoms with E-state index in [4.69, 9.17) is 15.2 Å². The van der Waals surface area contributed by atoms with Crippen molar-refractivity contribution in [1.29, 1.82) is 0 Å². The van der Waals surface area contributed by atoms with Crippen LogP contribution in [0, 0.1) is 6.07 Å². The molecule has 0 bridgehead atoms. The molecule has 5 aromatic heterocycles. The molecule has 0 saturated carbocycles. The summed E-state index contributed by atoms with van der Waals surface area (Å²) < 4.78 is 10.4. The van der Waals surface area contributed by atoms with Gasteiger partial charge in [0.05, 0.1) is 29.9 Å². The van der Waals surface area contributed by atoms with E-state index in [1.807, 2.05) is 91.0 Å². The number of methoxy groups -OCH3 is 1. The van der Waals surface area contributed by atoms with Gasteiger partial charge in [-0.1, -0.05) is 24.3 Å². The molecule has 6 rings (SSSR count). The summed E-state index contributed by atoms with van der Waals surface area (Å²) in [5.74, 6) is 1.46. The second-order valence-electron chi connectivity index (χ2n) is 8.19. The van der Waals surface area contributed by atoms with Crippen LogP contribution in [0.3, 0.4) is 0 Å². The second-order valence-corrected chi connectivity index (χ2v) is 8.19. The third kappa shape index (κ3) is 9.97. The van der Waals surface area contributed by atoms with Crippen LogP contribution in [0.2, 0.25) is 0 Å². The fraction of sp³-hybridized carbons (Fsp3) is 0.0606. The number of aromatic nitrogens is 5. The van der Waals surface area contributed by atoms with Gasteiger partial charge in [0.1, 0.15) is 12.5 Å². The summed E-state index contributed by atoms with van der Waals surface area (Å²) in [5, 5.41) is 0. The van der Waals surface area contributed by atoms with E-state index in [0.717, 1.165) is 39.8 Å². The number of nitrogens with two attached hydrogens (primary N) is 1. The Morgan fingerprint density at radius 2 is 1.05 bits per heavy atom. The minimum atomic E-state index is 0. The molecular formula is C33H29N6O2Os. The van der Waals surface area contributed by atoms with E-state index in [-0.39, 0.29) is 26.5 Å². The Labute approximate surface area is 258 Å². The molecule has 0 fully saturated rings. The minimum Gasteiger partial charge on any atom is -0.516 e. The van der Waals surface area contributed by atoms with Crippen LogP contribution in [0.5, 0.6) is 11.5 Å². The molecule has 1 aromatic carbocycles. The van der Waals surface area contributed by atoms with E-state index < -0.39 is 0 Å². The summed E-state index contributed by atoms with van der Waals surface area (Å²) in [7, 11) is 1.63. The molecule has 0 amide bonds. The number of benzene rings is 1. The van der Waals surface area contributed by atoms with Gasteiger partial charge in [-0.25, -0.2) is 0 Å². The Hall–Kier alpha value is -4.83. The molecule has 0 aliphatic heterocycles. The number of rotatable bonds is 6. The van der Waals surface area contributed by atoms with Crippen molar-refractivity contribution in [3.05, 3.63) is 140 Å². The van der Waals surface area contributed by atoms with Crippen LogP contribution in [0.4, 0.5) is 0 Å². The van der Waals surface area contributed by atoms with Crippen molar-refractivity contribution in [3.8, 4) is 45.5 Å². The van der Waals surface area contributed by atoms with Crippen molar-refractivity contribution >= 4 is 0 Å². The van der Waals surface area contributed by atoms with Gasteiger partial charge in [0.2, 0.25) is 0 Å². The number of hydrogen-bond donors (Lipinski definition) is 1. The maximum absolute atomic E-state index is 5.32. The monoisotopic (exact) mass is 733 g/mol. The molecule has 0 saturated heterocycles. The van der Waals surface area contributed by atoms with Gasteiger partial charge in [-0.3, -0.25) is 25.7 Å². The third-order valence-electron chi connectivity index (χ3n) is 5.45. The summed E-state index contributed by atoms with van der Waals surface area (Å²) in [6.07, 6.45) is 8.75. The number of nitrogens with zero attached hydrogens (tertiary/aromatic N) is 5. The largest absolute Gasteiger partial charge is 1.00 e. The predicted octanol–water partition coefficient (Wildman–Crippen LogP) is 6.14. The maximum Gasteiger partial charge on any atom is 1.00 e. The smallest absolute Gasteiger partial charge is 0.516 e. The van der Waals surface area contributed by atoms with Crippen molar-refractivity contribution in [1.82, 2.24) is 24.9 Å². The zero-order valence-corrected chi connectivity index (χ0v) is 25.4. The summed E-state index contributed by atoms with van der Waals surface area (Å²) >= 11 is 0. The van der Waals surface area contributed by atoms with Crippen LogP contribution in [-0.2, 0) is 19.8 Å². The zero-order valence-electron chi connectivity index (χ0n) is 22.9. The van der Waals surface area contributed by atoms with E-state index in [9.17, 15) is 0 Å². The summed E-state index contributed by atoms with van der Waals surface area (Å²) in [4.78, 5) is 21.0. The number of pyridine rings is 5. The molecule has 6 aromatic rings. The van der Waals surface area contributed by atoms with E-state index >= 15 is 0 Å². The van der Waals surface area contributed by atoms with Gasteiger partial charge >= 0.3 is 19.8 Å². The van der Waals surface area contributed by atoms with E-state index in [2.05, 4.69) is 31.0 Å². The van der Waals surface area contributed by atoms with Gasteiger partial charge < -0.3 is 14.5 Å².